The second-order valence-corrected chi connectivity index (χ2v) is 4.41. The number of rotatable bonds is 2. The number of ketones is 1. The number of carbonyl (C=O) groups is 2. The Kier molecular flexibility index (Phi) is 2.59. The summed E-state index contributed by atoms with van der Waals surface area (Å²) in [6.45, 7) is 2.10. The number of hydrogen-bond donors (Lipinski definition) is 0. The highest BCUT2D eigenvalue weighted by Gasteiger charge is 2.36. The number of hydrogen-bond acceptors (Lipinski definition) is 4. The van der Waals surface area contributed by atoms with Crippen molar-refractivity contribution >= 4 is 17.4 Å². The van der Waals surface area contributed by atoms with Gasteiger partial charge in [-0.15, -0.1) is 0 Å². The predicted octanol–water partition coefficient (Wildman–Crippen LogP) is 1.51. The van der Waals surface area contributed by atoms with Gasteiger partial charge in [-0.1, -0.05) is 11.6 Å². The van der Waals surface area contributed by atoms with E-state index in [0.29, 0.717) is 17.1 Å². The Bertz CT molecular complexity index is 668. The summed E-state index contributed by atoms with van der Waals surface area (Å²) in [5.74, 6) is -0.472. The van der Waals surface area contributed by atoms with Gasteiger partial charge in [0, 0.05) is 12.4 Å². The maximum Gasteiger partial charge on any atom is 0.299 e. The van der Waals surface area contributed by atoms with Crippen LogP contribution in [0.25, 0.3) is 0 Å². The Morgan fingerprint density at radius 2 is 1.89 bits per heavy atom. The van der Waals surface area contributed by atoms with E-state index < -0.39 is 11.7 Å². The number of Topliss-reactive ketones (excluding diaryl/α,β-unsaturated/α-hetero) is 1. The Labute approximate surface area is 109 Å². The van der Waals surface area contributed by atoms with Gasteiger partial charge in [0.25, 0.3) is 11.7 Å². The van der Waals surface area contributed by atoms with Crippen LogP contribution in [0.15, 0.2) is 36.7 Å². The standard InChI is InChI=1S/C14H11N3O2/c1-9-3-4-11-10(7-9)13(18)14(19)17(11)8-12-15-5-2-6-16-12/h2-7H,8H2,1H3. The molecule has 0 saturated heterocycles. The largest absolute Gasteiger partial charge is 0.299 e. The molecule has 1 amide bonds. The minimum Gasteiger partial charge on any atom is -0.297 e. The van der Waals surface area contributed by atoms with Crippen molar-refractivity contribution in [1.82, 2.24) is 9.97 Å². The van der Waals surface area contributed by atoms with Crippen LogP contribution in [0.1, 0.15) is 21.7 Å². The quantitative estimate of drug-likeness (QED) is 0.761. The minimum absolute atomic E-state index is 0.210. The monoisotopic (exact) mass is 253 g/mol. The van der Waals surface area contributed by atoms with E-state index in [0.717, 1.165) is 5.56 Å². The fourth-order valence-corrected chi connectivity index (χ4v) is 2.12. The van der Waals surface area contributed by atoms with Gasteiger partial charge in [0.2, 0.25) is 0 Å². The summed E-state index contributed by atoms with van der Waals surface area (Å²) in [6, 6.07) is 7.11. The first-order valence-electron chi connectivity index (χ1n) is 5.89. The molecule has 0 saturated carbocycles. The highest BCUT2D eigenvalue weighted by atomic mass is 16.2. The third kappa shape index (κ3) is 1.89. The minimum atomic E-state index is -0.520. The summed E-state index contributed by atoms with van der Waals surface area (Å²) in [5.41, 5.74) is 2.05. The molecule has 1 aliphatic rings. The first-order valence-corrected chi connectivity index (χ1v) is 5.89. The van der Waals surface area contributed by atoms with Crippen LogP contribution < -0.4 is 4.90 Å². The lowest BCUT2D eigenvalue weighted by atomic mass is 10.1. The maximum atomic E-state index is 12.0. The smallest absolute Gasteiger partial charge is 0.297 e. The molecule has 5 nitrogen and oxygen atoms in total. The summed E-state index contributed by atoms with van der Waals surface area (Å²) in [5, 5.41) is 0. The van der Waals surface area contributed by atoms with Crippen molar-refractivity contribution in [3.8, 4) is 0 Å². The lowest BCUT2D eigenvalue weighted by molar-refractivity contribution is -0.114. The first-order chi connectivity index (χ1) is 9.16. The normalized spacial score (nSPS) is 13.8. The van der Waals surface area contributed by atoms with Gasteiger partial charge in [-0.05, 0) is 25.1 Å². The van der Waals surface area contributed by atoms with E-state index >= 15 is 0 Å². The first kappa shape index (κ1) is 11.5. The molecule has 2 heterocycles. The number of nitrogens with zero attached hydrogens (tertiary/aromatic N) is 3. The zero-order valence-corrected chi connectivity index (χ0v) is 10.3. The molecular weight excluding hydrogens is 242 g/mol. The van der Waals surface area contributed by atoms with Gasteiger partial charge in [-0.2, -0.15) is 0 Å². The van der Waals surface area contributed by atoms with Crippen LogP contribution in [-0.4, -0.2) is 21.7 Å². The van der Waals surface area contributed by atoms with Crippen molar-refractivity contribution in [3.05, 3.63) is 53.6 Å². The van der Waals surface area contributed by atoms with E-state index in [4.69, 9.17) is 0 Å². The van der Waals surface area contributed by atoms with Crippen LogP contribution in [0.2, 0.25) is 0 Å². The average molecular weight is 253 g/mol. The zero-order valence-electron chi connectivity index (χ0n) is 10.3. The van der Waals surface area contributed by atoms with Crippen LogP contribution in [0.5, 0.6) is 0 Å². The van der Waals surface area contributed by atoms with Crippen molar-refractivity contribution in [1.29, 1.82) is 0 Å². The molecule has 0 spiro atoms. The highest BCUT2D eigenvalue weighted by molar-refractivity contribution is 6.52. The average Bonchev–Trinajstić information content (AvgIpc) is 2.65. The Balaban J connectivity index is 2.00. The third-order valence-electron chi connectivity index (χ3n) is 3.05. The lowest BCUT2D eigenvalue weighted by Crippen LogP contribution is -2.29. The number of carbonyl (C=O) groups excluding carboxylic acids is 2. The van der Waals surface area contributed by atoms with E-state index in [1.165, 1.54) is 4.90 Å². The number of fused-ring (bicyclic) bond motifs is 1. The molecule has 0 aliphatic carbocycles. The zero-order chi connectivity index (χ0) is 13.4. The van der Waals surface area contributed by atoms with E-state index in [1.54, 1.807) is 30.6 Å². The van der Waals surface area contributed by atoms with Crippen molar-refractivity contribution in [2.24, 2.45) is 0 Å². The highest BCUT2D eigenvalue weighted by Crippen LogP contribution is 2.30. The van der Waals surface area contributed by atoms with Gasteiger partial charge < -0.3 is 0 Å². The molecule has 5 heteroatoms. The molecule has 0 fully saturated rings. The summed E-state index contributed by atoms with van der Waals surface area (Å²) in [7, 11) is 0. The van der Waals surface area contributed by atoms with Gasteiger partial charge in [-0.3, -0.25) is 14.5 Å². The van der Waals surface area contributed by atoms with Gasteiger partial charge in [0.05, 0.1) is 17.8 Å². The fourth-order valence-electron chi connectivity index (χ4n) is 2.12. The molecule has 2 aromatic rings. The molecule has 1 aromatic carbocycles. The van der Waals surface area contributed by atoms with Crippen molar-refractivity contribution in [2.45, 2.75) is 13.5 Å². The van der Waals surface area contributed by atoms with E-state index in [-0.39, 0.29) is 6.54 Å². The Morgan fingerprint density at radius 1 is 1.16 bits per heavy atom. The molecule has 94 valence electrons. The number of aromatic nitrogens is 2. The predicted molar refractivity (Wildman–Crippen MR) is 68.7 cm³/mol. The topological polar surface area (TPSA) is 63.2 Å². The Morgan fingerprint density at radius 3 is 2.63 bits per heavy atom. The van der Waals surface area contributed by atoms with Gasteiger partial charge in [-0.25, -0.2) is 9.97 Å². The van der Waals surface area contributed by atoms with Gasteiger partial charge >= 0.3 is 0 Å². The van der Waals surface area contributed by atoms with Crippen molar-refractivity contribution in [3.63, 3.8) is 0 Å². The van der Waals surface area contributed by atoms with E-state index in [9.17, 15) is 9.59 Å². The molecule has 1 aromatic heterocycles. The van der Waals surface area contributed by atoms with Crippen LogP contribution >= 0.6 is 0 Å². The number of benzene rings is 1. The van der Waals surface area contributed by atoms with Gasteiger partial charge in [0.15, 0.2) is 0 Å². The summed E-state index contributed by atoms with van der Waals surface area (Å²) in [4.78, 5) is 33.5. The van der Waals surface area contributed by atoms with Crippen molar-refractivity contribution < 1.29 is 9.59 Å². The number of aryl methyl sites for hydroxylation is 1. The lowest BCUT2D eigenvalue weighted by Gasteiger charge is -2.15. The summed E-state index contributed by atoms with van der Waals surface area (Å²) < 4.78 is 0. The van der Waals surface area contributed by atoms with Crippen LogP contribution in [0, 0.1) is 6.92 Å². The van der Waals surface area contributed by atoms with Crippen molar-refractivity contribution in [2.75, 3.05) is 4.90 Å². The molecule has 0 radical (unpaired) electrons. The Hall–Kier alpha value is -2.56. The maximum absolute atomic E-state index is 12.0. The van der Waals surface area contributed by atoms with Gasteiger partial charge in [0.1, 0.15) is 5.82 Å². The molecule has 3 rings (SSSR count). The molecule has 0 unspecified atom stereocenters. The molecule has 1 aliphatic heterocycles. The SMILES string of the molecule is Cc1ccc2c(c1)C(=O)C(=O)N2Cc1ncccn1. The summed E-state index contributed by atoms with van der Waals surface area (Å²) >= 11 is 0. The van der Waals surface area contributed by atoms with E-state index in [2.05, 4.69) is 9.97 Å². The molecule has 0 atom stereocenters. The number of anilines is 1. The van der Waals surface area contributed by atoms with Crippen LogP contribution in [0.4, 0.5) is 5.69 Å². The molecule has 0 N–H and O–H groups in total. The third-order valence-corrected chi connectivity index (χ3v) is 3.05. The molecular formula is C14H11N3O2. The second kappa shape index (κ2) is 4.28. The molecule has 0 bridgehead atoms. The van der Waals surface area contributed by atoms with Crippen LogP contribution in [-0.2, 0) is 11.3 Å². The fraction of sp³-hybridized carbons (Fsp3) is 0.143. The van der Waals surface area contributed by atoms with Crippen LogP contribution in [0.3, 0.4) is 0 Å². The molecule has 19 heavy (non-hydrogen) atoms. The second-order valence-electron chi connectivity index (χ2n) is 4.41. The van der Waals surface area contributed by atoms with E-state index in [1.807, 2.05) is 13.0 Å². The number of amides is 1. The summed E-state index contributed by atoms with van der Waals surface area (Å²) in [6.07, 6.45) is 3.22.